The fourth-order valence-electron chi connectivity index (χ4n) is 2.92. The zero-order chi connectivity index (χ0) is 26.0. The van der Waals surface area contributed by atoms with Gasteiger partial charge in [0.2, 0.25) is 0 Å². The van der Waals surface area contributed by atoms with Crippen molar-refractivity contribution in [1.29, 1.82) is 0 Å². The van der Waals surface area contributed by atoms with Gasteiger partial charge < -0.3 is 25.6 Å². The lowest BCUT2D eigenvalue weighted by Crippen LogP contribution is -2.49. The lowest BCUT2D eigenvalue weighted by atomic mass is 10.0. The minimum atomic E-state index is -2.01. The molecule has 35 heavy (non-hydrogen) atoms. The molecule has 188 valence electrons. The molecular weight excluding hydrogens is 474 g/mol. The molecule has 0 aliphatic carbocycles. The number of benzene rings is 1. The molecule has 1 aliphatic heterocycles. The number of nitrogens with zero attached hydrogens (tertiary/aromatic N) is 4. The van der Waals surface area contributed by atoms with Gasteiger partial charge in [-0.1, -0.05) is 39.0 Å². The largest absolute Gasteiger partial charge is 0.455 e. The number of oxime groups is 1. The number of guanidine groups is 1. The van der Waals surface area contributed by atoms with Crippen molar-refractivity contribution in [1.82, 2.24) is 4.98 Å². The zero-order valence-electron chi connectivity index (χ0n) is 20.4. The summed E-state index contributed by atoms with van der Waals surface area (Å²) >= 11 is 0. The molecule has 2 heterocycles. The number of carbonyl (C=O) groups is 1. The Bertz CT molecular complexity index is 1170. The molecule has 1 amide bonds. The lowest BCUT2D eigenvalue weighted by Gasteiger charge is -2.36. The first-order valence-electron chi connectivity index (χ1n) is 11.0. The van der Waals surface area contributed by atoms with Crippen LogP contribution < -0.4 is 16.4 Å². The normalized spacial score (nSPS) is 13.7. The number of nitrogens with two attached hydrogens (primary N) is 2. The number of rotatable bonds is 6. The van der Waals surface area contributed by atoms with Gasteiger partial charge >= 0.3 is 6.09 Å². The highest BCUT2D eigenvalue weighted by molar-refractivity contribution is 6.74. The van der Waals surface area contributed by atoms with E-state index >= 15 is 0 Å². The average Bonchev–Trinajstić information content (AvgIpc) is 2.71. The summed E-state index contributed by atoms with van der Waals surface area (Å²) in [6.07, 6.45) is 0.354. The molecule has 3 rings (SSSR count). The van der Waals surface area contributed by atoms with Crippen LogP contribution in [0.3, 0.4) is 0 Å². The summed E-state index contributed by atoms with van der Waals surface area (Å²) in [6.45, 7) is 11.0. The summed E-state index contributed by atoms with van der Waals surface area (Å²) in [5, 5.41) is 4.32. The van der Waals surface area contributed by atoms with E-state index < -0.39 is 38.6 Å². The molecule has 12 heteroatoms. The smallest absolute Gasteiger partial charge is 0.437 e. The van der Waals surface area contributed by atoms with Crippen molar-refractivity contribution in [3.05, 3.63) is 47.7 Å². The Balaban J connectivity index is 1.69. The van der Waals surface area contributed by atoms with Gasteiger partial charge in [0.15, 0.2) is 17.6 Å². The second-order valence-corrected chi connectivity index (χ2v) is 14.5. The van der Waals surface area contributed by atoms with E-state index in [4.69, 9.17) is 20.7 Å². The first kappa shape index (κ1) is 26.1. The third-order valence-electron chi connectivity index (χ3n) is 6.04. The highest BCUT2D eigenvalue weighted by atomic mass is 28.4. The van der Waals surface area contributed by atoms with Crippen molar-refractivity contribution < 1.29 is 22.8 Å². The summed E-state index contributed by atoms with van der Waals surface area (Å²) in [4.78, 5) is 20.6. The van der Waals surface area contributed by atoms with E-state index in [2.05, 4.69) is 49.0 Å². The van der Waals surface area contributed by atoms with E-state index in [1.54, 1.807) is 11.0 Å². The number of hydrogen-bond donors (Lipinski definition) is 2. The van der Waals surface area contributed by atoms with E-state index in [9.17, 15) is 13.6 Å². The SMILES string of the molecule is CC(C)(C)[Si](C)(C)ON=C1CN(c2ncc(-c3cccc(COC(=O)N=C(N)N)c3F)cc2F)C1. The molecule has 0 atom stereocenters. The van der Waals surface area contributed by atoms with Crippen molar-refractivity contribution >= 4 is 31.9 Å². The first-order chi connectivity index (χ1) is 16.3. The number of halogens is 2. The summed E-state index contributed by atoms with van der Waals surface area (Å²) in [5.41, 5.74) is 11.5. The third-order valence-corrected chi connectivity index (χ3v) is 10.2. The lowest BCUT2D eigenvalue weighted by molar-refractivity contribution is 0.149. The van der Waals surface area contributed by atoms with Crippen molar-refractivity contribution in [2.24, 2.45) is 21.6 Å². The zero-order valence-corrected chi connectivity index (χ0v) is 21.4. The number of aromatic nitrogens is 1. The molecule has 0 saturated carbocycles. The molecule has 9 nitrogen and oxygen atoms in total. The maximum atomic E-state index is 15.0. The molecular formula is C23H30F2N6O3Si. The fourth-order valence-corrected chi connectivity index (χ4v) is 3.55. The average molecular weight is 505 g/mol. The van der Waals surface area contributed by atoms with Crippen LogP contribution in [0.2, 0.25) is 18.1 Å². The molecule has 1 fully saturated rings. The van der Waals surface area contributed by atoms with Crippen LogP contribution in [0.1, 0.15) is 26.3 Å². The molecule has 1 aromatic carbocycles. The van der Waals surface area contributed by atoms with Gasteiger partial charge in [-0.05, 0) is 24.2 Å². The van der Waals surface area contributed by atoms with Crippen molar-refractivity contribution in [3.63, 3.8) is 0 Å². The Morgan fingerprint density at radius 2 is 1.91 bits per heavy atom. The highest BCUT2D eigenvalue weighted by Gasteiger charge is 2.40. The summed E-state index contributed by atoms with van der Waals surface area (Å²) in [6, 6.07) is 5.71. The van der Waals surface area contributed by atoms with Crippen LogP contribution in [0.5, 0.6) is 0 Å². The fraction of sp³-hybridized carbons (Fsp3) is 0.391. The van der Waals surface area contributed by atoms with Gasteiger partial charge in [0, 0.05) is 22.9 Å². The number of aliphatic imine (C=N–C) groups is 1. The standard InChI is InChI=1S/C23H30F2N6O3Si/c1-23(2,3)35(4,5)34-30-16-11-31(12-16)20-18(24)9-15(10-28-20)17-8-6-7-14(19(17)25)13-33-22(32)29-21(26)27/h6-10H,11-13H2,1-5H3,(H4,26,27,29,32). The van der Waals surface area contributed by atoms with Crippen LogP contribution in [0, 0.1) is 11.6 Å². The van der Waals surface area contributed by atoms with E-state index in [-0.39, 0.29) is 27.5 Å². The van der Waals surface area contributed by atoms with E-state index in [1.165, 1.54) is 24.4 Å². The number of carbonyl (C=O) groups excluding carboxylic acids is 1. The Labute approximate surface area is 203 Å². The Kier molecular flexibility index (Phi) is 7.43. The molecule has 1 aromatic heterocycles. The summed E-state index contributed by atoms with van der Waals surface area (Å²) in [7, 11) is -2.01. The third kappa shape index (κ3) is 6.12. The van der Waals surface area contributed by atoms with Crippen molar-refractivity contribution in [2.75, 3.05) is 18.0 Å². The minimum Gasteiger partial charge on any atom is -0.455 e. The molecule has 0 spiro atoms. The number of amides is 1. The molecule has 0 radical (unpaired) electrons. The Morgan fingerprint density at radius 3 is 2.51 bits per heavy atom. The maximum Gasteiger partial charge on any atom is 0.437 e. The molecule has 0 bridgehead atoms. The van der Waals surface area contributed by atoms with Gasteiger partial charge in [-0.2, -0.15) is 0 Å². The molecule has 1 aliphatic rings. The summed E-state index contributed by atoms with van der Waals surface area (Å²) < 4.78 is 40.6. The van der Waals surface area contributed by atoms with Crippen LogP contribution in [-0.2, 0) is 15.9 Å². The Morgan fingerprint density at radius 1 is 1.23 bits per heavy atom. The van der Waals surface area contributed by atoms with Crippen LogP contribution in [0.4, 0.5) is 19.4 Å². The molecule has 2 aromatic rings. The first-order valence-corrected chi connectivity index (χ1v) is 13.9. The predicted molar refractivity (Wildman–Crippen MR) is 134 cm³/mol. The van der Waals surface area contributed by atoms with Crippen molar-refractivity contribution in [3.8, 4) is 11.1 Å². The van der Waals surface area contributed by atoms with E-state index in [0.29, 0.717) is 13.1 Å². The number of hydrogen-bond acceptors (Lipinski definition) is 6. The minimum absolute atomic E-state index is 0.0324. The van der Waals surface area contributed by atoms with Crippen molar-refractivity contribution in [2.45, 2.75) is 45.5 Å². The quantitative estimate of drug-likeness (QED) is 0.262. The van der Waals surface area contributed by atoms with Crippen LogP contribution in [0.25, 0.3) is 11.1 Å². The number of anilines is 1. The molecule has 0 unspecified atom stereocenters. The number of ether oxygens (including phenoxy) is 1. The second kappa shape index (κ2) is 9.98. The monoisotopic (exact) mass is 504 g/mol. The maximum absolute atomic E-state index is 15.0. The molecule has 4 N–H and O–H groups in total. The molecule has 1 saturated heterocycles. The Hall–Kier alpha value is -3.54. The topological polar surface area (TPSA) is 128 Å². The van der Waals surface area contributed by atoms with Gasteiger partial charge in [0.05, 0.1) is 18.8 Å². The highest BCUT2D eigenvalue weighted by Crippen LogP contribution is 2.37. The van der Waals surface area contributed by atoms with Crippen LogP contribution >= 0.6 is 0 Å². The van der Waals surface area contributed by atoms with Crippen LogP contribution in [0.15, 0.2) is 40.6 Å². The van der Waals surface area contributed by atoms with Gasteiger partial charge in [0.25, 0.3) is 8.32 Å². The van der Waals surface area contributed by atoms with Gasteiger partial charge in [-0.15, -0.1) is 10.1 Å². The van der Waals surface area contributed by atoms with E-state index in [0.717, 1.165) is 5.71 Å². The number of pyridine rings is 1. The van der Waals surface area contributed by atoms with Crippen LogP contribution in [-0.4, -0.2) is 44.2 Å². The van der Waals surface area contributed by atoms with E-state index in [1.807, 2.05) is 0 Å². The summed E-state index contributed by atoms with van der Waals surface area (Å²) in [5.74, 6) is -1.56. The van der Waals surface area contributed by atoms with Gasteiger partial charge in [-0.25, -0.2) is 18.6 Å². The second-order valence-electron chi connectivity index (χ2n) is 9.76. The van der Waals surface area contributed by atoms with Gasteiger partial charge in [-0.3, -0.25) is 0 Å². The van der Waals surface area contributed by atoms with Gasteiger partial charge in [0.1, 0.15) is 12.4 Å². The predicted octanol–water partition coefficient (Wildman–Crippen LogP) is 4.13.